The number of rotatable bonds is 1. The smallest absolute Gasteiger partial charge is 0.415 e. The molecule has 0 unspecified atom stereocenters. The SMILES string of the molecule is Cc1cc(N2CCOC2=O)ncc1F. The van der Waals surface area contributed by atoms with E-state index in [1.54, 1.807) is 6.92 Å². The molecule has 1 fully saturated rings. The van der Waals surface area contributed by atoms with Crippen molar-refractivity contribution in [1.82, 2.24) is 4.98 Å². The average Bonchev–Trinajstić information content (AvgIpc) is 2.57. The van der Waals surface area contributed by atoms with Crippen molar-refractivity contribution in [2.45, 2.75) is 6.92 Å². The maximum absolute atomic E-state index is 12.9. The minimum absolute atomic E-state index is 0.358. The van der Waals surface area contributed by atoms with Crippen molar-refractivity contribution in [3.05, 3.63) is 23.6 Å². The Morgan fingerprint density at radius 2 is 2.43 bits per heavy atom. The Morgan fingerprint density at radius 1 is 1.64 bits per heavy atom. The van der Waals surface area contributed by atoms with Crippen LogP contribution in [0.25, 0.3) is 0 Å². The van der Waals surface area contributed by atoms with E-state index in [9.17, 15) is 9.18 Å². The standard InChI is InChI=1S/C9H9FN2O2/c1-6-4-8(11-5-7(6)10)12-2-3-14-9(12)13/h4-5H,2-3H2,1H3. The number of carbonyl (C=O) groups is 1. The maximum atomic E-state index is 12.9. The van der Waals surface area contributed by atoms with Gasteiger partial charge in [-0.25, -0.2) is 14.2 Å². The molecule has 5 heteroatoms. The Balaban J connectivity index is 2.32. The van der Waals surface area contributed by atoms with Gasteiger partial charge in [0.1, 0.15) is 18.2 Å². The highest BCUT2D eigenvalue weighted by molar-refractivity contribution is 5.88. The predicted octanol–water partition coefficient (Wildman–Crippen LogP) is 1.49. The monoisotopic (exact) mass is 196 g/mol. The van der Waals surface area contributed by atoms with Gasteiger partial charge in [-0.2, -0.15) is 0 Å². The number of halogens is 1. The van der Waals surface area contributed by atoms with Crippen molar-refractivity contribution in [3.63, 3.8) is 0 Å². The third-order valence-electron chi connectivity index (χ3n) is 2.07. The number of aryl methyl sites for hydroxylation is 1. The van der Waals surface area contributed by atoms with Gasteiger partial charge in [-0.1, -0.05) is 0 Å². The number of hydrogen-bond acceptors (Lipinski definition) is 3. The average molecular weight is 196 g/mol. The largest absolute Gasteiger partial charge is 0.447 e. The van der Waals surface area contributed by atoms with Gasteiger partial charge in [-0.05, 0) is 18.6 Å². The number of aromatic nitrogens is 1. The zero-order valence-electron chi connectivity index (χ0n) is 7.66. The molecule has 0 bridgehead atoms. The third kappa shape index (κ3) is 1.41. The summed E-state index contributed by atoms with van der Waals surface area (Å²) in [5.41, 5.74) is 0.467. The van der Waals surface area contributed by atoms with Crippen LogP contribution in [0.5, 0.6) is 0 Å². The molecule has 74 valence electrons. The van der Waals surface area contributed by atoms with Gasteiger partial charge in [0.15, 0.2) is 0 Å². The molecule has 0 saturated carbocycles. The predicted molar refractivity (Wildman–Crippen MR) is 47.6 cm³/mol. The number of ether oxygens (including phenoxy) is 1. The molecule has 4 nitrogen and oxygen atoms in total. The van der Waals surface area contributed by atoms with Crippen molar-refractivity contribution in [2.24, 2.45) is 0 Å². The fraction of sp³-hybridized carbons (Fsp3) is 0.333. The Kier molecular flexibility index (Phi) is 2.07. The van der Waals surface area contributed by atoms with E-state index in [1.165, 1.54) is 11.0 Å². The topological polar surface area (TPSA) is 42.4 Å². The van der Waals surface area contributed by atoms with Gasteiger partial charge in [0.05, 0.1) is 12.7 Å². The molecule has 1 aliphatic rings. The zero-order chi connectivity index (χ0) is 10.1. The molecule has 2 heterocycles. The van der Waals surface area contributed by atoms with Gasteiger partial charge < -0.3 is 4.74 Å². The molecular weight excluding hydrogens is 187 g/mol. The van der Waals surface area contributed by atoms with Crippen LogP contribution in [-0.2, 0) is 4.74 Å². The Morgan fingerprint density at radius 3 is 3.00 bits per heavy atom. The molecule has 0 radical (unpaired) electrons. The van der Waals surface area contributed by atoms with Crippen LogP contribution in [0.2, 0.25) is 0 Å². The fourth-order valence-electron chi connectivity index (χ4n) is 1.27. The Hall–Kier alpha value is -1.65. The van der Waals surface area contributed by atoms with Crippen molar-refractivity contribution in [1.29, 1.82) is 0 Å². The molecule has 0 spiro atoms. The van der Waals surface area contributed by atoms with Crippen LogP contribution in [0.3, 0.4) is 0 Å². The van der Waals surface area contributed by atoms with Crippen molar-refractivity contribution in [3.8, 4) is 0 Å². The summed E-state index contributed by atoms with van der Waals surface area (Å²) in [6, 6.07) is 1.53. The number of anilines is 1. The number of hydrogen-bond donors (Lipinski definition) is 0. The van der Waals surface area contributed by atoms with E-state index < -0.39 is 6.09 Å². The molecule has 0 N–H and O–H groups in total. The summed E-state index contributed by atoms with van der Waals surface area (Å²) in [5, 5.41) is 0. The van der Waals surface area contributed by atoms with E-state index >= 15 is 0 Å². The molecule has 0 aromatic carbocycles. The second kappa shape index (κ2) is 3.25. The van der Waals surface area contributed by atoms with E-state index in [0.717, 1.165) is 6.20 Å². The summed E-state index contributed by atoms with van der Waals surface area (Å²) >= 11 is 0. The van der Waals surface area contributed by atoms with E-state index in [1.807, 2.05) is 0 Å². The lowest BCUT2D eigenvalue weighted by Gasteiger charge is -2.11. The van der Waals surface area contributed by atoms with Crippen molar-refractivity contribution >= 4 is 11.9 Å². The molecular formula is C9H9FN2O2. The Bertz CT molecular complexity index is 381. The summed E-state index contributed by atoms with van der Waals surface area (Å²) in [5.74, 6) is 0.0627. The highest BCUT2D eigenvalue weighted by atomic mass is 19.1. The normalized spacial score (nSPS) is 15.9. The maximum Gasteiger partial charge on any atom is 0.415 e. The highest BCUT2D eigenvalue weighted by Crippen LogP contribution is 2.18. The fourth-order valence-corrected chi connectivity index (χ4v) is 1.27. The minimum Gasteiger partial charge on any atom is -0.447 e. The van der Waals surface area contributed by atoms with E-state index in [-0.39, 0.29) is 5.82 Å². The molecule has 0 aliphatic carbocycles. The lowest BCUT2D eigenvalue weighted by atomic mass is 10.3. The molecule has 2 rings (SSSR count). The molecule has 0 atom stereocenters. The molecule has 1 aromatic rings. The van der Waals surface area contributed by atoms with Gasteiger partial charge in [0, 0.05) is 0 Å². The van der Waals surface area contributed by atoms with E-state index in [4.69, 9.17) is 4.74 Å². The van der Waals surface area contributed by atoms with Gasteiger partial charge in [0.2, 0.25) is 0 Å². The molecule has 14 heavy (non-hydrogen) atoms. The van der Waals surface area contributed by atoms with Crippen LogP contribution in [0, 0.1) is 12.7 Å². The number of cyclic esters (lactones) is 1. The van der Waals surface area contributed by atoms with Crippen LogP contribution in [0.4, 0.5) is 15.0 Å². The summed E-state index contributed by atoms with van der Waals surface area (Å²) in [7, 11) is 0. The zero-order valence-corrected chi connectivity index (χ0v) is 7.66. The first-order chi connectivity index (χ1) is 6.68. The second-order valence-corrected chi connectivity index (χ2v) is 3.06. The van der Waals surface area contributed by atoms with Gasteiger partial charge in [-0.3, -0.25) is 4.90 Å². The number of pyridine rings is 1. The summed E-state index contributed by atoms with van der Waals surface area (Å²) in [6.45, 7) is 2.45. The van der Waals surface area contributed by atoms with Crippen LogP contribution < -0.4 is 4.90 Å². The number of amides is 1. The van der Waals surface area contributed by atoms with Crippen molar-refractivity contribution < 1.29 is 13.9 Å². The Labute approximate surface area is 80.3 Å². The molecule has 1 saturated heterocycles. The summed E-state index contributed by atoms with van der Waals surface area (Å²) in [6.07, 6.45) is 0.680. The first-order valence-electron chi connectivity index (χ1n) is 4.25. The van der Waals surface area contributed by atoms with E-state index in [2.05, 4.69) is 4.98 Å². The van der Waals surface area contributed by atoms with Crippen LogP contribution >= 0.6 is 0 Å². The van der Waals surface area contributed by atoms with Gasteiger partial charge in [-0.15, -0.1) is 0 Å². The van der Waals surface area contributed by atoms with E-state index in [0.29, 0.717) is 24.5 Å². The first kappa shape index (κ1) is 8.93. The molecule has 1 aliphatic heterocycles. The second-order valence-electron chi connectivity index (χ2n) is 3.06. The number of nitrogens with zero attached hydrogens (tertiary/aromatic N) is 2. The van der Waals surface area contributed by atoms with Crippen LogP contribution in [-0.4, -0.2) is 24.2 Å². The lowest BCUT2D eigenvalue weighted by Crippen LogP contribution is -2.24. The minimum atomic E-state index is -0.427. The third-order valence-corrected chi connectivity index (χ3v) is 2.07. The van der Waals surface area contributed by atoms with Crippen molar-refractivity contribution in [2.75, 3.05) is 18.1 Å². The molecule has 1 amide bonds. The first-order valence-corrected chi connectivity index (χ1v) is 4.25. The van der Waals surface area contributed by atoms with Crippen LogP contribution in [0.15, 0.2) is 12.3 Å². The number of carbonyl (C=O) groups excluding carboxylic acids is 1. The quantitative estimate of drug-likeness (QED) is 0.683. The molecule has 1 aromatic heterocycles. The summed E-state index contributed by atoms with van der Waals surface area (Å²) in [4.78, 5) is 16.3. The van der Waals surface area contributed by atoms with Crippen LogP contribution in [0.1, 0.15) is 5.56 Å². The lowest BCUT2D eigenvalue weighted by molar-refractivity contribution is 0.181. The summed E-state index contributed by atoms with van der Waals surface area (Å²) < 4.78 is 17.6. The highest BCUT2D eigenvalue weighted by Gasteiger charge is 2.24. The van der Waals surface area contributed by atoms with Gasteiger partial charge in [0.25, 0.3) is 0 Å². The van der Waals surface area contributed by atoms with Gasteiger partial charge >= 0.3 is 6.09 Å².